The Morgan fingerprint density at radius 3 is 3.00 bits per heavy atom. The number of rotatable bonds is 2. The van der Waals surface area contributed by atoms with Gasteiger partial charge in [0.15, 0.2) is 5.13 Å². The van der Waals surface area contributed by atoms with Crippen LogP contribution in [-0.4, -0.2) is 19.5 Å². The number of aromatic nitrogens is 4. The van der Waals surface area contributed by atoms with Crippen LogP contribution < -0.4 is 5.32 Å². The standard InChI is InChI=1S/C14H11N5S/c1-19-8-16-12-10(19)4-5-11-13(12)18-14(20-11)17-9-3-2-6-15-7-9/h2-8H,1H3,(H,17,18). The summed E-state index contributed by atoms with van der Waals surface area (Å²) in [4.78, 5) is 13.2. The number of nitrogens with one attached hydrogen (secondary N) is 1. The van der Waals surface area contributed by atoms with Crippen molar-refractivity contribution in [2.75, 3.05) is 5.32 Å². The van der Waals surface area contributed by atoms with Crippen LogP contribution in [0.2, 0.25) is 0 Å². The molecule has 3 heterocycles. The van der Waals surface area contributed by atoms with Crippen LogP contribution in [0.3, 0.4) is 0 Å². The molecule has 4 aromatic rings. The first-order chi connectivity index (χ1) is 9.81. The second kappa shape index (κ2) is 4.28. The summed E-state index contributed by atoms with van der Waals surface area (Å²) >= 11 is 1.62. The van der Waals surface area contributed by atoms with Crippen LogP contribution in [0.25, 0.3) is 21.3 Å². The minimum atomic E-state index is 0.853. The number of nitrogens with zero attached hydrogens (tertiary/aromatic N) is 4. The molecule has 0 atom stereocenters. The first kappa shape index (κ1) is 11.4. The van der Waals surface area contributed by atoms with Crippen molar-refractivity contribution >= 4 is 43.4 Å². The molecular formula is C14H11N5S. The van der Waals surface area contributed by atoms with E-state index in [4.69, 9.17) is 0 Å². The lowest BCUT2D eigenvalue weighted by molar-refractivity contribution is 0.948. The van der Waals surface area contributed by atoms with Gasteiger partial charge in [-0.1, -0.05) is 11.3 Å². The molecule has 0 aliphatic heterocycles. The normalized spacial score (nSPS) is 11.2. The monoisotopic (exact) mass is 281 g/mol. The molecule has 6 heteroatoms. The molecule has 98 valence electrons. The lowest BCUT2D eigenvalue weighted by Crippen LogP contribution is -1.89. The molecular weight excluding hydrogens is 270 g/mol. The van der Waals surface area contributed by atoms with Crippen molar-refractivity contribution in [3.63, 3.8) is 0 Å². The van der Waals surface area contributed by atoms with Gasteiger partial charge in [0.1, 0.15) is 11.0 Å². The lowest BCUT2D eigenvalue weighted by Gasteiger charge is -1.99. The van der Waals surface area contributed by atoms with E-state index in [1.165, 1.54) is 0 Å². The van der Waals surface area contributed by atoms with Gasteiger partial charge < -0.3 is 9.88 Å². The largest absolute Gasteiger partial charge is 0.334 e. The first-order valence-corrected chi connectivity index (χ1v) is 7.00. The fraction of sp³-hybridized carbons (Fsp3) is 0.0714. The van der Waals surface area contributed by atoms with Crippen molar-refractivity contribution in [3.8, 4) is 0 Å². The van der Waals surface area contributed by atoms with E-state index in [1.54, 1.807) is 23.7 Å². The van der Waals surface area contributed by atoms with E-state index in [1.807, 2.05) is 30.1 Å². The highest BCUT2D eigenvalue weighted by Gasteiger charge is 2.10. The second-order valence-corrected chi connectivity index (χ2v) is 5.55. The number of thiazole rings is 1. The number of hydrogen-bond acceptors (Lipinski definition) is 5. The number of imidazole rings is 1. The predicted octanol–water partition coefficient (Wildman–Crippen LogP) is 3.32. The maximum Gasteiger partial charge on any atom is 0.188 e. The highest BCUT2D eigenvalue weighted by Crippen LogP contribution is 2.32. The van der Waals surface area contributed by atoms with Crippen LogP contribution in [0.4, 0.5) is 10.8 Å². The maximum atomic E-state index is 4.65. The Hall–Kier alpha value is -2.47. The number of pyridine rings is 1. The van der Waals surface area contributed by atoms with Crippen molar-refractivity contribution in [1.29, 1.82) is 0 Å². The molecule has 0 amide bonds. The van der Waals surface area contributed by atoms with Gasteiger partial charge in [0.2, 0.25) is 0 Å². The zero-order valence-corrected chi connectivity index (χ0v) is 11.6. The van der Waals surface area contributed by atoms with E-state index in [9.17, 15) is 0 Å². The molecule has 0 spiro atoms. The molecule has 3 aromatic heterocycles. The molecule has 0 saturated heterocycles. The summed E-state index contributed by atoms with van der Waals surface area (Å²) in [5, 5.41) is 4.13. The van der Waals surface area contributed by atoms with Crippen molar-refractivity contribution in [2.24, 2.45) is 7.05 Å². The minimum absolute atomic E-state index is 0.853. The van der Waals surface area contributed by atoms with E-state index >= 15 is 0 Å². The van der Waals surface area contributed by atoms with Gasteiger partial charge in [0.05, 0.1) is 28.4 Å². The summed E-state index contributed by atoms with van der Waals surface area (Å²) in [6, 6.07) is 8.03. The zero-order chi connectivity index (χ0) is 13.5. The van der Waals surface area contributed by atoms with Crippen LogP contribution in [0.1, 0.15) is 0 Å². The van der Waals surface area contributed by atoms with E-state index in [0.29, 0.717) is 0 Å². The molecule has 1 N–H and O–H groups in total. The second-order valence-electron chi connectivity index (χ2n) is 4.52. The van der Waals surface area contributed by atoms with Crippen molar-refractivity contribution in [1.82, 2.24) is 19.5 Å². The van der Waals surface area contributed by atoms with E-state index in [0.717, 1.165) is 32.1 Å². The molecule has 0 saturated carbocycles. The molecule has 20 heavy (non-hydrogen) atoms. The first-order valence-electron chi connectivity index (χ1n) is 6.19. The van der Waals surface area contributed by atoms with Crippen LogP contribution in [-0.2, 0) is 7.05 Å². The third-order valence-corrected chi connectivity index (χ3v) is 4.10. The molecule has 0 fully saturated rings. The Bertz CT molecular complexity index is 894. The number of hydrogen-bond donors (Lipinski definition) is 1. The topological polar surface area (TPSA) is 55.6 Å². The lowest BCUT2D eigenvalue weighted by atomic mass is 10.3. The van der Waals surface area contributed by atoms with E-state index in [2.05, 4.69) is 32.4 Å². The molecule has 0 bridgehead atoms. The van der Waals surface area contributed by atoms with Crippen LogP contribution in [0.15, 0.2) is 43.0 Å². The van der Waals surface area contributed by atoms with Gasteiger partial charge >= 0.3 is 0 Å². The number of benzene rings is 1. The Morgan fingerprint density at radius 1 is 1.20 bits per heavy atom. The Morgan fingerprint density at radius 2 is 2.15 bits per heavy atom. The Labute approximate surface area is 118 Å². The summed E-state index contributed by atoms with van der Waals surface area (Å²) < 4.78 is 3.13. The van der Waals surface area contributed by atoms with E-state index in [-0.39, 0.29) is 0 Å². The average molecular weight is 281 g/mol. The quantitative estimate of drug-likeness (QED) is 0.612. The third-order valence-electron chi connectivity index (χ3n) is 3.17. The molecule has 5 nitrogen and oxygen atoms in total. The molecule has 0 radical (unpaired) electrons. The number of anilines is 2. The van der Waals surface area contributed by atoms with Crippen molar-refractivity contribution in [3.05, 3.63) is 43.0 Å². The maximum absolute atomic E-state index is 4.65. The molecule has 0 aliphatic rings. The molecule has 4 rings (SSSR count). The van der Waals surface area contributed by atoms with Gasteiger partial charge in [-0.3, -0.25) is 4.98 Å². The average Bonchev–Trinajstić information content (AvgIpc) is 3.03. The van der Waals surface area contributed by atoms with Gasteiger partial charge in [-0.25, -0.2) is 9.97 Å². The highest BCUT2D eigenvalue weighted by atomic mass is 32.1. The van der Waals surface area contributed by atoms with E-state index < -0.39 is 0 Å². The molecule has 0 unspecified atom stereocenters. The summed E-state index contributed by atoms with van der Waals surface area (Å²) in [5.74, 6) is 0. The fourth-order valence-electron chi connectivity index (χ4n) is 2.20. The third kappa shape index (κ3) is 1.73. The highest BCUT2D eigenvalue weighted by molar-refractivity contribution is 7.22. The van der Waals surface area contributed by atoms with Gasteiger partial charge in [0.25, 0.3) is 0 Å². The van der Waals surface area contributed by atoms with Gasteiger partial charge in [-0.15, -0.1) is 0 Å². The van der Waals surface area contributed by atoms with Gasteiger partial charge in [-0.2, -0.15) is 0 Å². The van der Waals surface area contributed by atoms with Gasteiger partial charge in [0, 0.05) is 13.2 Å². The van der Waals surface area contributed by atoms with Crippen molar-refractivity contribution < 1.29 is 0 Å². The summed E-state index contributed by atoms with van der Waals surface area (Å²) in [6.07, 6.45) is 5.35. The smallest absolute Gasteiger partial charge is 0.188 e. The minimum Gasteiger partial charge on any atom is -0.334 e. The Balaban J connectivity index is 1.84. The number of fused-ring (bicyclic) bond motifs is 3. The zero-order valence-electron chi connectivity index (χ0n) is 10.7. The Kier molecular flexibility index (Phi) is 2.43. The molecule has 1 aromatic carbocycles. The van der Waals surface area contributed by atoms with Gasteiger partial charge in [-0.05, 0) is 24.3 Å². The summed E-state index contributed by atoms with van der Waals surface area (Å²) in [7, 11) is 1.99. The number of aryl methyl sites for hydroxylation is 1. The van der Waals surface area contributed by atoms with Crippen LogP contribution in [0.5, 0.6) is 0 Å². The van der Waals surface area contributed by atoms with Crippen LogP contribution >= 0.6 is 11.3 Å². The van der Waals surface area contributed by atoms with Crippen LogP contribution in [0, 0.1) is 0 Å². The predicted molar refractivity (Wildman–Crippen MR) is 81.4 cm³/mol. The summed E-state index contributed by atoms with van der Waals surface area (Å²) in [5.41, 5.74) is 3.92. The van der Waals surface area contributed by atoms with Crippen molar-refractivity contribution in [2.45, 2.75) is 0 Å². The fourth-order valence-corrected chi connectivity index (χ4v) is 3.09. The SMILES string of the molecule is Cn1cnc2c3nc(Nc4cccnc4)sc3ccc21. The summed E-state index contributed by atoms with van der Waals surface area (Å²) in [6.45, 7) is 0. The molecule has 0 aliphatic carbocycles.